The lowest BCUT2D eigenvalue weighted by molar-refractivity contribution is 0.0757. The van der Waals surface area contributed by atoms with Crippen LogP contribution in [0.2, 0.25) is 0 Å². The molecule has 2 atom stereocenters. The van der Waals surface area contributed by atoms with E-state index in [9.17, 15) is 4.79 Å². The first-order chi connectivity index (χ1) is 12.2. The molecule has 2 aliphatic heterocycles. The first-order valence-corrected chi connectivity index (χ1v) is 9.25. The van der Waals surface area contributed by atoms with Crippen molar-refractivity contribution in [2.45, 2.75) is 19.8 Å². The summed E-state index contributed by atoms with van der Waals surface area (Å²) in [4.78, 5) is 19.7. The van der Waals surface area contributed by atoms with Crippen LogP contribution in [-0.2, 0) is 0 Å². The van der Waals surface area contributed by atoms with Crippen LogP contribution >= 0.6 is 24.8 Å². The van der Waals surface area contributed by atoms with Gasteiger partial charge in [-0.15, -0.1) is 24.8 Å². The zero-order valence-corrected chi connectivity index (χ0v) is 17.2. The molecule has 0 saturated carbocycles. The van der Waals surface area contributed by atoms with Crippen LogP contribution in [0.4, 0.5) is 0 Å². The van der Waals surface area contributed by atoms with Crippen LogP contribution in [0.1, 0.15) is 28.9 Å². The molecule has 146 valence electrons. The van der Waals surface area contributed by atoms with E-state index in [0.717, 1.165) is 73.4 Å². The van der Waals surface area contributed by atoms with Gasteiger partial charge >= 0.3 is 0 Å². The van der Waals surface area contributed by atoms with E-state index in [-0.39, 0.29) is 30.7 Å². The third kappa shape index (κ3) is 4.63. The second-order valence-corrected chi connectivity index (χ2v) is 7.24. The summed E-state index contributed by atoms with van der Waals surface area (Å²) in [5.74, 6) is 1.60. The highest BCUT2D eigenvalue weighted by atomic mass is 35.5. The topological polar surface area (TPSA) is 45.2 Å². The van der Waals surface area contributed by atoms with Gasteiger partial charge in [0.15, 0.2) is 0 Å². The monoisotopic (exact) mass is 407 g/mol. The normalized spacial score (nSPS) is 21.4. The van der Waals surface area contributed by atoms with Crippen molar-refractivity contribution >= 4 is 30.7 Å². The van der Waals surface area contributed by atoms with E-state index < -0.39 is 0 Å². The molecule has 2 aliphatic rings. The largest absolute Gasteiger partial charge is 0.339 e. The van der Waals surface area contributed by atoms with Gasteiger partial charge in [-0.1, -0.05) is 30.3 Å². The van der Waals surface area contributed by atoms with Gasteiger partial charge in [0.1, 0.15) is 0 Å². The number of carbonyl (C=O) groups is 1. The molecule has 1 aromatic heterocycles. The first-order valence-electron chi connectivity index (χ1n) is 9.25. The molecule has 4 rings (SSSR count). The second-order valence-electron chi connectivity index (χ2n) is 7.24. The molecule has 6 heteroatoms. The highest BCUT2D eigenvalue weighted by Gasteiger charge is 2.32. The minimum absolute atomic E-state index is 0. The Kier molecular flexibility index (Phi) is 7.66. The predicted molar refractivity (Wildman–Crippen MR) is 114 cm³/mol. The first kappa shape index (κ1) is 21.7. The van der Waals surface area contributed by atoms with Gasteiger partial charge in [0.2, 0.25) is 0 Å². The molecular formula is C21H27Cl2N3O. The lowest BCUT2D eigenvalue weighted by Crippen LogP contribution is -2.33. The number of fused-ring (bicyclic) bond motifs is 1. The molecule has 0 aliphatic carbocycles. The van der Waals surface area contributed by atoms with Crippen molar-refractivity contribution in [3.8, 4) is 11.3 Å². The molecule has 0 radical (unpaired) electrons. The van der Waals surface area contributed by atoms with E-state index >= 15 is 0 Å². The van der Waals surface area contributed by atoms with Crippen LogP contribution in [0.25, 0.3) is 11.3 Å². The summed E-state index contributed by atoms with van der Waals surface area (Å²) < 4.78 is 0. The number of hydrogen-bond acceptors (Lipinski definition) is 3. The molecule has 3 heterocycles. The Bertz CT molecular complexity index is 755. The molecule has 1 amide bonds. The molecule has 4 nitrogen and oxygen atoms in total. The molecule has 27 heavy (non-hydrogen) atoms. The van der Waals surface area contributed by atoms with Gasteiger partial charge in [-0.3, -0.25) is 9.78 Å². The van der Waals surface area contributed by atoms with Crippen LogP contribution in [-0.4, -0.2) is 42.0 Å². The van der Waals surface area contributed by atoms with Gasteiger partial charge in [-0.2, -0.15) is 0 Å². The number of rotatable bonds is 2. The van der Waals surface area contributed by atoms with Crippen LogP contribution in [0.15, 0.2) is 42.5 Å². The fourth-order valence-electron chi connectivity index (χ4n) is 4.15. The van der Waals surface area contributed by atoms with E-state index in [1.165, 1.54) is 0 Å². The Labute approximate surface area is 173 Å². The molecule has 0 unspecified atom stereocenters. The number of likely N-dealkylation sites (tertiary alicyclic amines) is 1. The fraction of sp³-hybridized carbons (Fsp3) is 0.429. The van der Waals surface area contributed by atoms with Crippen molar-refractivity contribution < 1.29 is 4.79 Å². The molecule has 2 saturated heterocycles. The lowest BCUT2D eigenvalue weighted by Gasteiger charge is -2.22. The van der Waals surface area contributed by atoms with Gasteiger partial charge in [0.25, 0.3) is 5.91 Å². The number of nitrogens with one attached hydrogen (secondary N) is 1. The average Bonchev–Trinajstić information content (AvgIpc) is 3.00. The van der Waals surface area contributed by atoms with Crippen molar-refractivity contribution in [1.29, 1.82) is 0 Å². The maximum atomic E-state index is 13.0. The standard InChI is InChI=1S/C21H25N3O.2ClH/c1-15-19(7-8-20(23-15)16-5-3-2-4-6-16)21(25)24-11-9-17-13-22-14-18(17)10-12-24;;/h2-8,17-18,22H,9-14H2,1H3;2*1H/t17-,18+;;. The van der Waals surface area contributed by atoms with Crippen molar-refractivity contribution in [1.82, 2.24) is 15.2 Å². The molecule has 1 N–H and O–H groups in total. The maximum Gasteiger partial charge on any atom is 0.255 e. The van der Waals surface area contributed by atoms with E-state index in [1.54, 1.807) is 0 Å². The number of aryl methyl sites for hydroxylation is 1. The van der Waals surface area contributed by atoms with Crippen LogP contribution in [0, 0.1) is 18.8 Å². The lowest BCUT2D eigenvalue weighted by atomic mass is 9.92. The molecule has 1 aromatic carbocycles. The van der Waals surface area contributed by atoms with Gasteiger partial charge in [0.05, 0.1) is 17.0 Å². The molecule has 0 spiro atoms. The van der Waals surface area contributed by atoms with Crippen LogP contribution in [0.3, 0.4) is 0 Å². The molecule has 2 fully saturated rings. The molecular weight excluding hydrogens is 381 g/mol. The highest BCUT2D eigenvalue weighted by molar-refractivity contribution is 5.95. The Balaban J connectivity index is 0.00000131. The van der Waals surface area contributed by atoms with E-state index in [1.807, 2.05) is 54.3 Å². The number of amides is 1. The highest BCUT2D eigenvalue weighted by Crippen LogP contribution is 2.28. The van der Waals surface area contributed by atoms with Crippen molar-refractivity contribution in [2.75, 3.05) is 26.2 Å². The smallest absolute Gasteiger partial charge is 0.255 e. The number of halogens is 2. The van der Waals surface area contributed by atoms with E-state index in [4.69, 9.17) is 0 Å². The summed E-state index contributed by atoms with van der Waals surface area (Å²) in [5.41, 5.74) is 3.56. The van der Waals surface area contributed by atoms with Crippen molar-refractivity contribution in [2.24, 2.45) is 11.8 Å². The van der Waals surface area contributed by atoms with Gasteiger partial charge in [-0.05, 0) is 56.8 Å². The second kappa shape index (κ2) is 9.54. The number of hydrogen-bond donors (Lipinski definition) is 1. The van der Waals surface area contributed by atoms with Crippen LogP contribution in [0.5, 0.6) is 0 Å². The Hall–Kier alpha value is -1.62. The minimum atomic E-state index is 0. The fourth-order valence-corrected chi connectivity index (χ4v) is 4.15. The summed E-state index contributed by atoms with van der Waals surface area (Å²) in [6.07, 6.45) is 2.22. The maximum absolute atomic E-state index is 13.0. The van der Waals surface area contributed by atoms with Crippen molar-refractivity contribution in [3.63, 3.8) is 0 Å². The SMILES string of the molecule is Cc1nc(-c2ccccc2)ccc1C(=O)N1CC[C@@H]2CNC[C@@H]2CC1.Cl.Cl. The molecule has 2 aromatic rings. The molecule has 0 bridgehead atoms. The van der Waals surface area contributed by atoms with E-state index in [0.29, 0.717) is 0 Å². The predicted octanol–water partition coefficient (Wildman–Crippen LogP) is 3.97. The summed E-state index contributed by atoms with van der Waals surface area (Å²) in [6, 6.07) is 14.0. The van der Waals surface area contributed by atoms with Gasteiger partial charge in [-0.25, -0.2) is 0 Å². The summed E-state index contributed by atoms with van der Waals surface area (Å²) in [7, 11) is 0. The van der Waals surface area contributed by atoms with Crippen molar-refractivity contribution in [3.05, 3.63) is 53.7 Å². The third-order valence-electron chi connectivity index (χ3n) is 5.69. The number of carbonyl (C=O) groups excluding carboxylic acids is 1. The Morgan fingerprint density at radius 3 is 2.22 bits per heavy atom. The zero-order chi connectivity index (χ0) is 17.2. The Morgan fingerprint density at radius 2 is 1.63 bits per heavy atom. The van der Waals surface area contributed by atoms with Gasteiger partial charge in [0, 0.05) is 18.7 Å². The summed E-state index contributed by atoms with van der Waals surface area (Å²) in [5, 5.41) is 3.49. The third-order valence-corrected chi connectivity index (χ3v) is 5.69. The Morgan fingerprint density at radius 1 is 1.00 bits per heavy atom. The van der Waals surface area contributed by atoms with Crippen LogP contribution < -0.4 is 5.32 Å². The summed E-state index contributed by atoms with van der Waals surface area (Å²) >= 11 is 0. The number of aromatic nitrogens is 1. The van der Waals surface area contributed by atoms with E-state index in [2.05, 4.69) is 10.3 Å². The average molecular weight is 408 g/mol. The zero-order valence-electron chi connectivity index (χ0n) is 15.6. The quantitative estimate of drug-likeness (QED) is 0.818. The number of nitrogens with zero attached hydrogens (tertiary/aromatic N) is 2. The minimum Gasteiger partial charge on any atom is -0.339 e. The van der Waals surface area contributed by atoms with Gasteiger partial charge < -0.3 is 10.2 Å². The number of benzene rings is 1. The summed E-state index contributed by atoms with van der Waals surface area (Å²) in [6.45, 7) is 5.89. The number of pyridine rings is 1.